The highest BCUT2D eigenvalue weighted by molar-refractivity contribution is 6.43. The van der Waals surface area contributed by atoms with Gasteiger partial charge in [-0.1, -0.05) is 59.6 Å². The third-order valence-corrected chi connectivity index (χ3v) is 13.1. The Labute approximate surface area is 343 Å². The quantitative estimate of drug-likeness (QED) is 0.157. The molecule has 296 valence electrons. The van der Waals surface area contributed by atoms with Crippen LogP contribution in [0.15, 0.2) is 78.9 Å². The van der Waals surface area contributed by atoms with E-state index in [0.29, 0.717) is 40.2 Å². The summed E-state index contributed by atoms with van der Waals surface area (Å²) < 4.78 is 55.3. The number of carbonyl (C=O) groups excluding carboxylic acids is 1. The van der Waals surface area contributed by atoms with Gasteiger partial charge in [0.2, 0.25) is 0 Å². The van der Waals surface area contributed by atoms with Gasteiger partial charge in [-0.05, 0) is 73.7 Å². The molecule has 2 aromatic heterocycles. The number of ether oxygens (including phenoxy) is 1. The van der Waals surface area contributed by atoms with Crippen molar-refractivity contribution in [3.63, 3.8) is 0 Å². The van der Waals surface area contributed by atoms with Crippen molar-refractivity contribution in [2.45, 2.75) is 63.4 Å². The number of nitriles is 1. The number of fused-ring (bicyclic) bond motifs is 4. The molecule has 5 unspecified atom stereocenters. The van der Waals surface area contributed by atoms with Crippen molar-refractivity contribution in [3.05, 3.63) is 129 Å². The molecule has 2 amide bonds. The lowest BCUT2D eigenvalue weighted by molar-refractivity contribution is 0.0452. The van der Waals surface area contributed by atoms with Crippen molar-refractivity contribution < 1.29 is 22.7 Å². The van der Waals surface area contributed by atoms with Crippen LogP contribution in [0.3, 0.4) is 0 Å². The summed E-state index contributed by atoms with van der Waals surface area (Å²) in [6.07, 6.45) is 1.18. The van der Waals surface area contributed by atoms with Gasteiger partial charge in [-0.15, -0.1) is 0 Å². The molecule has 4 fully saturated rings. The van der Waals surface area contributed by atoms with E-state index in [2.05, 4.69) is 22.0 Å². The molecule has 5 heterocycles. The Balaban J connectivity index is 1.23. The molecule has 0 radical (unpaired) electrons. The normalized spacial score (nSPS) is 21.1. The first kappa shape index (κ1) is 38.4. The number of aryl methyl sites for hydroxylation is 2. The number of para-hydroxylation sites is 1. The highest BCUT2D eigenvalue weighted by Gasteiger charge is 2.50. The molecule has 3 aliphatic heterocycles. The summed E-state index contributed by atoms with van der Waals surface area (Å²) in [7, 11) is 1.72. The van der Waals surface area contributed by atoms with Crippen molar-refractivity contribution in [1.29, 1.82) is 5.26 Å². The SMILES string of the molecule is Cc1nc2c(F)c(-c3cccc(Cl)c3Cl)c(CCC#N)cc2c2c1cc(C1CC(OCc3c(F)cccc3F)CN1C(=O)N(C)c1ccccc1)n2C1C2CNC1C2. The van der Waals surface area contributed by atoms with Crippen LogP contribution in [0.25, 0.3) is 32.9 Å². The van der Waals surface area contributed by atoms with E-state index in [1.165, 1.54) is 18.2 Å². The number of halogens is 5. The largest absolute Gasteiger partial charge is 0.371 e. The van der Waals surface area contributed by atoms with E-state index >= 15 is 4.39 Å². The molecule has 4 aliphatic rings. The van der Waals surface area contributed by atoms with Gasteiger partial charge >= 0.3 is 6.03 Å². The van der Waals surface area contributed by atoms with Crippen molar-refractivity contribution in [1.82, 2.24) is 19.8 Å². The fraction of sp³-hybridized carbons (Fsp3) is 0.311. The Morgan fingerprint density at radius 1 is 1.02 bits per heavy atom. The summed E-state index contributed by atoms with van der Waals surface area (Å²) in [6.45, 7) is 2.54. The van der Waals surface area contributed by atoms with Crippen LogP contribution in [0.5, 0.6) is 0 Å². The highest BCUT2D eigenvalue weighted by atomic mass is 35.5. The van der Waals surface area contributed by atoms with Gasteiger partial charge in [0.25, 0.3) is 0 Å². The molecule has 58 heavy (non-hydrogen) atoms. The van der Waals surface area contributed by atoms with E-state index in [0.717, 1.165) is 29.6 Å². The Hall–Kier alpha value is -5.12. The molecule has 2 bridgehead atoms. The Morgan fingerprint density at radius 2 is 1.78 bits per heavy atom. The number of hydrogen-bond acceptors (Lipinski definition) is 5. The van der Waals surface area contributed by atoms with Gasteiger partial charge in [-0.2, -0.15) is 5.26 Å². The molecular formula is C45H39Cl2F3N6O2. The fourth-order valence-electron chi connectivity index (χ4n) is 9.33. The summed E-state index contributed by atoms with van der Waals surface area (Å²) in [6, 6.07) is 23.7. The second kappa shape index (κ2) is 15.2. The molecule has 1 N–H and O–H groups in total. The van der Waals surface area contributed by atoms with E-state index in [1.807, 2.05) is 43.3 Å². The maximum absolute atomic E-state index is 17.3. The number of benzene rings is 4. The minimum atomic E-state index is -0.698. The second-order valence-corrected chi connectivity index (χ2v) is 16.3. The Kier molecular flexibility index (Phi) is 10.1. The first-order valence-electron chi connectivity index (χ1n) is 19.4. The molecule has 6 aromatic rings. The Morgan fingerprint density at radius 3 is 2.48 bits per heavy atom. The minimum absolute atomic E-state index is 0.00135. The summed E-state index contributed by atoms with van der Waals surface area (Å²) >= 11 is 13.1. The number of amides is 2. The van der Waals surface area contributed by atoms with Gasteiger partial charge in [0.05, 0.1) is 46.4 Å². The van der Waals surface area contributed by atoms with Crippen molar-refractivity contribution in [2.75, 3.05) is 25.0 Å². The molecule has 8 nitrogen and oxygen atoms in total. The molecule has 1 aliphatic carbocycles. The molecule has 5 atom stereocenters. The van der Waals surface area contributed by atoms with Gasteiger partial charge in [0.15, 0.2) is 5.82 Å². The number of pyridine rings is 1. The zero-order valence-corrected chi connectivity index (χ0v) is 33.3. The molecule has 10 rings (SSSR count). The van der Waals surface area contributed by atoms with Crippen LogP contribution in [-0.4, -0.2) is 52.8 Å². The second-order valence-electron chi connectivity index (χ2n) is 15.5. The van der Waals surface area contributed by atoms with Gasteiger partial charge < -0.3 is 19.5 Å². The summed E-state index contributed by atoms with van der Waals surface area (Å²) in [4.78, 5) is 22.9. The number of likely N-dealkylation sites (tertiary alicyclic amines) is 1. The van der Waals surface area contributed by atoms with Gasteiger partial charge in [0, 0.05) is 83.6 Å². The van der Waals surface area contributed by atoms with Gasteiger partial charge in [0.1, 0.15) is 17.2 Å². The molecular weight excluding hydrogens is 784 g/mol. The predicted molar refractivity (Wildman–Crippen MR) is 219 cm³/mol. The Bertz CT molecular complexity index is 2620. The van der Waals surface area contributed by atoms with E-state index in [9.17, 15) is 18.8 Å². The number of urea groups is 1. The number of rotatable bonds is 9. The first-order valence-corrected chi connectivity index (χ1v) is 20.2. The molecule has 0 spiro atoms. The summed E-state index contributed by atoms with van der Waals surface area (Å²) in [5, 5.41) is 15.2. The maximum atomic E-state index is 17.3. The van der Waals surface area contributed by atoms with E-state index in [1.54, 1.807) is 35.0 Å². The lowest BCUT2D eigenvalue weighted by atomic mass is 9.79. The average Bonchev–Trinajstić information content (AvgIpc) is 4.03. The van der Waals surface area contributed by atoms with Crippen molar-refractivity contribution in [3.8, 4) is 17.2 Å². The molecule has 4 aromatic carbocycles. The smallest absolute Gasteiger partial charge is 0.324 e. The number of aromatic nitrogens is 2. The topological polar surface area (TPSA) is 86.4 Å². The number of hydrogen-bond donors (Lipinski definition) is 1. The lowest BCUT2D eigenvalue weighted by Crippen LogP contribution is -2.43. The summed E-state index contributed by atoms with van der Waals surface area (Å²) in [5.74, 6) is -1.66. The van der Waals surface area contributed by atoms with Crippen LogP contribution in [0, 0.1) is 41.6 Å². The third kappa shape index (κ3) is 6.38. The van der Waals surface area contributed by atoms with Crippen molar-refractivity contribution in [2.24, 2.45) is 5.92 Å². The average molecular weight is 824 g/mol. The number of nitrogens with zero attached hydrogens (tertiary/aromatic N) is 5. The van der Waals surface area contributed by atoms with Crippen molar-refractivity contribution >= 4 is 56.7 Å². The zero-order valence-electron chi connectivity index (χ0n) is 31.8. The molecule has 13 heteroatoms. The number of nitrogens with one attached hydrogen (secondary N) is 1. The zero-order chi connectivity index (χ0) is 40.4. The van der Waals surface area contributed by atoms with Crippen LogP contribution >= 0.6 is 23.2 Å². The van der Waals surface area contributed by atoms with E-state index in [-0.39, 0.29) is 70.8 Å². The first-order chi connectivity index (χ1) is 28.0. The van der Waals surface area contributed by atoms with Crippen LogP contribution in [0.4, 0.5) is 23.7 Å². The lowest BCUT2D eigenvalue weighted by Gasteiger charge is -2.39. The molecule has 1 saturated carbocycles. The highest BCUT2D eigenvalue weighted by Crippen LogP contribution is 2.51. The van der Waals surface area contributed by atoms with E-state index < -0.39 is 29.6 Å². The third-order valence-electron chi connectivity index (χ3n) is 12.2. The van der Waals surface area contributed by atoms with Crippen LogP contribution < -0.4 is 10.2 Å². The monoisotopic (exact) mass is 822 g/mol. The minimum Gasteiger partial charge on any atom is -0.371 e. The predicted octanol–water partition coefficient (Wildman–Crippen LogP) is 10.5. The number of anilines is 1. The van der Waals surface area contributed by atoms with E-state index in [4.69, 9.17) is 32.9 Å². The van der Waals surface area contributed by atoms with Crippen LogP contribution in [0.1, 0.15) is 53.9 Å². The standard InChI is InChI=1S/C45H39Cl2F3N6O2/c1-24-30-20-38(37-19-28(58-23-32-34(48)14-7-15-35(32)49)22-55(37)45(57)54(2)27-10-4-3-5-11-27)56(43-26-18-36(43)52-21-26)44(30)31-17-25(9-8-16-51)39(41(50)42(31)53-24)29-12-6-13-33(46)40(29)47/h3-7,10-15,17,20,26,28,36-37,43,52H,8-9,18-19,21-23H2,1-2H3. The van der Waals surface area contributed by atoms with Gasteiger partial charge in [-0.25, -0.2) is 22.9 Å². The molecule has 3 saturated heterocycles. The van der Waals surface area contributed by atoms with Gasteiger partial charge in [-0.3, -0.25) is 4.90 Å². The summed E-state index contributed by atoms with van der Waals surface area (Å²) in [5.41, 5.74) is 4.22. The van der Waals surface area contributed by atoms with Crippen LogP contribution in [-0.2, 0) is 17.8 Å². The number of carbonyl (C=O) groups is 1. The van der Waals surface area contributed by atoms with Crippen LogP contribution in [0.2, 0.25) is 10.0 Å². The fourth-order valence-corrected chi connectivity index (χ4v) is 9.73. The maximum Gasteiger partial charge on any atom is 0.324 e.